The number of benzene rings is 2. The van der Waals surface area contributed by atoms with Gasteiger partial charge in [0.05, 0.1) is 15.9 Å². The SMILES string of the molecule is O=C(Nc1nn(Cc2c(F)cccc2Cl)cc1Br)c1ccc([N+](=O)[O-])cc1. The van der Waals surface area contributed by atoms with Crippen LogP contribution in [0.3, 0.4) is 0 Å². The monoisotopic (exact) mass is 452 g/mol. The summed E-state index contributed by atoms with van der Waals surface area (Å²) in [7, 11) is 0. The molecule has 3 rings (SSSR count). The van der Waals surface area contributed by atoms with E-state index in [1.54, 1.807) is 12.3 Å². The van der Waals surface area contributed by atoms with Gasteiger partial charge in [0, 0.05) is 34.5 Å². The molecule has 3 aromatic rings. The second-order valence-corrected chi connectivity index (χ2v) is 6.74. The van der Waals surface area contributed by atoms with Gasteiger partial charge in [0.1, 0.15) is 5.82 Å². The Morgan fingerprint density at radius 2 is 2.00 bits per heavy atom. The molecule has 1 aromatic heterocycles. The number of non-ortho nitro benzene ring substituents is 1. The van der Waals surface area contributed by atoms with E-state index in [0.717, 1.165) is 0 Å². The van der Waals surface area contributed by atoms with Gasteiger partial charge in [-0.15, -0.1) is 0 Å². The van der Waals surface area contributed by atoms with Crippen LogP contribution in [0, 0.1) is 15.9 Å². The number of nitrogens with zero attached hydrogens (tertiary/aromatic N) is 3. The average Bonchev–Trinajstić information content (AvgIpc) is 2.97. The fourth-order valence-corrected chi connectivity index (χ4v) is 2.96. The Morgan fingerprint density at radius 1 is 1.30 bits per heavy atom. The highest BCUT2D eigenvalue weighted by molar-refractivity contribution is 9.10. The minimum Gasteiger partial charge on any atom is -0.304 e. The Hall–Kier alpha value is -2.78. The summed E-state index contributed by atoms with van der Waals surface area (Å²) in [6, 6.07) is 9.56. The van der Waals surface area contributed by atoms with Crippen molar-refractivity contribution in [1.29, 1.82) is 0 Å². The standard InChI is InChI=1S/C17H11BrClFN4O3/c18-13-9-23(8-12-14(19)2-1-3-15(12)20)22-16(13)21-17(25)10-4-6-11(7-5-10)24(26)27/h1-7,9H,8H2,(H,21,22,25). The molecule has 0 saturated heterocycles. The summed E-state index contributed by atoms with van der Waals surface area (Å²) in [4.78, 5) is 22.4. The summed E-state index contributed by atoms with van der Waals surface area (Å²) in [6.07, 6.45) is 1.58. The molecular weight excluding hydrogens is 443 g/mol. The van der Waals surface area contributed by atoms with Gasteiger partial charge in [-0.2, -0.15) is 5.10 Å². The molecule has 0 aliphatic heterocycles. The molecule has 0 bridgehead atoms. The van der Waals surface area contributed by atoms with Crippen molar-refractivity contribution in [3.05, 3.63) is 85.2 Å². The van der Waals surface area contributed by atoms with E-state index in [4.69, 9.17) is 11.6 Å². The maximum atomic E-state index is 13.9. The number of anilines is 1. The first-order chi connectivity index (χ1) is 12.8. The van der Waals surface area contributed by atoms with Crippen LogP contribution in [0.4, 0.5) is 15.9 Å². The summed E-state index contributed by atoms with van der Waals surface area (Å²) in [5, 5.41) is 17.7. The number of nitro groups is 1. The number of carbonyl (C=O) groups is 1. The van der Waals surface area contributed by atoms with Gasteiger partial charge < -0.3 is 5.32 Å². The Labute approximate surface area is 166 Å². The highest BCUT2D eigenvalue weighted by atomic mass is 79.9. The average molecular weight is 454 g/mol. The van der Waals surface area contributed by atoms with Crippen LogP contribution < -0.4 is 5.32 Å². The van der Waals surface area contributed by atoms with Crippen molar-refractivity contribution in [2.45, 2.75) is 6.54 Å². The first kappa shape index (κ1) is 19.0. The van der Waals surface area contributed by atoms with E-state index in [2.05, 4.69) is 26.3 Å². The van der Waals surface area contributed by atoms with E-state index >= 15 is 0 Å². The van der Waals surface area contributed by atoms with Crippen molar-refractivity contribution in [2.24, 2.45) is 0 Å². The Morgan fingerprint density at radius 3 is 2.63 bits per heavy atom. The zero-order valence-corrected chi connectivity index (χ0v) is 15.9. The van der Waals surface area contributed by atoms with Crippen LogP contribution >= 0.6 is 27.5 Å². The van der Waals surface area contributed by atoms with E-state index in [-0.39, 0.29) is 34.2 Å². The van der Waals surface area contributed by atoms with E-state index in [1.165, 1.54) is 41.1 Å². The molecule has 27 heavy (non-hydrogen) atoms. The van der Waals surface area contributed by atoms with Gasteiger partial charge in [-0.3, -0.25) is 19.6 Å². The number of hydrogen-bond acceptors (Lipinski definition) is 4. The molecule has 1 amide bonds. The Kier molecular flexibility index (Phi) is 5.52. The zero-order valence-electron chi connectivity index (χ0n) is 13.5. The number of halogens is 3. The van der Waals surface area contributed by atoms with E-state index in [0.29, 0.717) is 4.47 Å². The van der Waals surface area contributed by atoms with Crippen molar-refractivity contribution in [3.8, 4) is 0 Å². The largest absolute Gasteiger partial charge is 0.304 e. The fraction of sp³-hybridized carbons (Fsp3) is 0.0588. The molecule has 0 unspecified atom stereocenters. The minimum absolute atomic E-state index is 0.0809. The highest BCUT2D eigenvalue weighted by Crippen LogP contribution is 2.24. The smallest absolute Gasteiger partial charge is 0.269 e. The molecule has 0 aliphatic rings. The molecule has 0 aliphatic carbocycles. The molecule has 0 fully saturated rings. The second-order valence-electron chi connectivity index (χ2n) is 5.48. The Bertz CT molecular complexity index is 1000. The summed E-state index contributed by atoms with van der Waals surface area (Å²) >= 11 is 9.30. The second kappa shape index (κ2) is 7.85. The molecule has 0 spiro atoms. The van der Waals surface area contributed by atoms with Crippen LogP contribution in [0.5, 0.6) is 0 Å². The van der Waals surface area contributed by atoms with Gasteiger partial charge in [-0.05, 0) is 40.2 Å². The van der Waals surface area contributed by atoms with Crippen molar-refractivity contribution < 1.29 is 14.1 Å². The highest BCUT2D eigenvalue weighted by Gasteiger charge is 2.15. The number of carbonyl (C=O) groups excluding carboxylic acids is 1. The van der Waals surface area contributed by atoms with Gasteiger partial charge in [-0.25, -0.2) is 4.39 Å². The molecule has 10 heteroatoms. The summed E-state index contributed by atoms with van der Waals surface area (Å²) in [5.41, 5.74) is 0.403. The normalized spacial score (nSPS) is 10.6. The molecule has 2 aromatic carbocycles. The van der Waals surface area contributed by atoms with Crippen LogP contribution in [0.2, 0.25) is 5.02 Å². The van der Waals surface area contributed by atoms with Crippen LogP contribution in [0.1, 0.15) is 15.9 Å². The topological polar surface area (TPSA) is 90.1 Å². The minimum atomic E-state index is -0.548. The first-order valence-electron chi connectivity index (χ1n) is 7.57. The van der Waals surface area contributed by atoms with Crippen LogP contribution in [-0.2, 0) is 6.54 Å². The van der Waals surface area contributed by atoms with Gasteiger partial charge in [0.2, 0.25) is 0 Å². The lowest BCUT2D eigenvalue weighted by atomic mass is 10.2. The fourth-order valence-electron chi connectivity index (χ4n) is 2.32. The van der Waals surface area contributed by atoms with Crippen molar-refractivity contribution >= 4 is 44.9 Å². The number of amides is 1. The third kappa shape index (κ3) is 4.32. The molecule has 0 saturated carbocycles. The van der Waals surface area contributed by atoms with E-state index in [1.807, 2.05) is 0 Å². The lowest BCUT2D eigenvalue weighted by Gasteiger charge is -2.06. The van der Waals surface area contributed by atoms with Gasteiger partial charge in [0.25, 0.3) is 11.6 Å². The van der Waals surface area contributed by atoms with Crippen LogP contribution in [0.15, 0.2) is 53.1 Å². The lowest BCUT2D eigenvalue weighted by Crippen LogP contribution is -2.13. The third-order valence-electron chi connectivity index (χ3n) is 3.67. The molecule has 1 heterocycles. The third-order valence-corrected chi connectivity index (χ3v) is 4.61. The zero-order chi connectivity index (χ0) is 19.6. The van der Waals surface area contributed by atoms with Gasteiger partial charge >= 0.3 is 0 Å². The van der Waals surface area contributed by atoms with E-state index in [9.17, 15) is 19.3 Å². The molecule has 0 radical (unpaired) electrons. The summed E-state index contributed by atoms with van der Waals surface area (Å²) in [5.74, 6) is -0.712. The first-order valence-corrected chi connectivity index (χ1v) is 8.74. The van der Waals surface area contributed by atoms with Crippen molar-refractivity contribution in [3.63, 3.8) is 0 Å². The number of nitrogens with one attached hydrogen (secondary N) is 1. The number of aromatic nitrogens is 2. The predicted octanol–water partition coefficient (Wildman–Crippen LogP) is 4.65. The Balaban J connectivity index is 1.76. The number of rotatable bonds is 5. The van der Waals surface area contributed by atoms with Gasteiger partial charge in [0.15, 0.2) is 5.82 Å². The summed E-state index contributed by atoms with van der Waals surface area (Å²) < 4.78 is 15.8. The van der Waals surface area contributed by atoms with E-state index < -0.39 is 16.6 Å². The maximum Gasteiger partial charge on any atom is 0.269 e. The van der Waals surface area contributed by atoms with Crippen molar-refractivity contribution in [1.82, 2.24) is 9.78 Å². The predicted molar refractivity (Wildman–Crippen MR) is 101 cm³/mol. The van der Waals surface area contributed by atoms with Crippen LogP contribution in [0.25, 0.3) is 0 Å². The molecule has 7 nitrogen and oxygen atoms in total. The molecular formula is C17H11BrClFN4O3. The van der Waals surface area contributed by atoms with Gasteiger partial charge in [-0.1, -0.05) is 17.7 Å². The maximum absolute atomic E-state index is 13.9. The lowest BCUT2D eigenvalue weighted by molar-refractivity contribution is -0.384. The molecule has 0 atom stereocenters. The van der Waals surface area contributed by atoms with Crippen LogP contribution in [-0.4, -0.2) is 20.6 Å². The molecule has 138 valence electrons. The van der Waals surface area contributed by atoms with Crippen molar-refractivity contribution in [2.75, 3.05) is 5.32 Å². The summed E-state index contributed by atoms with van der Waals surface area (Å²) in [6.45, 7) is 0.0809. The number of nitro benzene ring substituents is 1. The number of hydrogen-bond donors (Lipinski definition) is 1. The molecule has 1 N–H and O–H groups in total. The quantitative estimate of drug-likeness (QED) is 0.450.